The van der Waals surface area contributed by atoms with E-state index in [1.807, 2.05) is 6.08 Å². The maximum atomic E-state index is 10.7. The largest absolute Gasteiger partial charge is 0.481 e. The van der Waals surface area contributed by atoms with Crippen molar-refractivity contribution < 1.29 is 9.90 Å². The molecule has 0 aliphatic rings. The predicted molar refractivity (Wildman–Crippen MR) is 54.7 cm³/mol. The first kappa shape index (κ1) is 12.2. The highest BCUT2D eigenvalue weighted by molar-refractivity contribution is 5.73. The third-order valence-corrected chi connectivity index (χ3v) is 2.10. The standard InChI is InChI=1S/C11H20O2/c1-4-5-6-7-8-9-11(2,3)10(12)13/h7-8H,4-6,9H2,1-3H3,(H,12,13)/b8-7-. The molecule has 2 nitrogen and oxygen atoms in total. The summed E-state index contributed by atoms with van der Waals surface area (Å²) < 4.78 is 0. The van der Waals surface area contributed by atoms with Crippen molar-refractivity contribution in [2.24, 2.45) is 5.41 Å². The normalized spacial score (nSPS) is 12.2. The van der Waals surface area contributed by atoms with Crippen LogP contribution in [0.2, 0.25) is 0 Å². The van der Waals surface area contributed by atoms with E-state index in [1.54, 1.807) is 13.8 Å². The van der Waals surface area contributed by atoms with Gasteiger partial charge >= 0.3 is 5.97 Å². The quantitative estimate of drug-likeness (QED) is 0.508. The minimum absolute atomic E-state index is 0.617. The molecule has 0 amide bonds. The molecule has 0 rings (SSSR count). The van der Waals surface area contributed by atoms with Gasteiger partial charge in [0.2, 0.25) is 0 Å². The number of carboxylic acids is 1. The Morgan fingerprint density at radius 2 is 2.00 bits per heavy atom. The number of carboxylic acid groups (broad SMARTS) is 1. The first-order valence-corrected chi connectivity index (χ1v) is 4.89. The number of carbonyl (C=O) groups is 1. The summed E-state index contributed by atoms with van der Waals surface area (Å²) in [5.74, 6) is -0.729. The summed E-state index contributed by atoms with van der Waals surface area (Å²) in [6, 6.07) is 0. The smallest absolute Gasteiger partial charge is 0.309 e. The molecule has 0 radical (unpaired) electrons. The van der Waals surface area contributed by atoms with Gasteiger partial charge in [-0.2, -0.15) is 0 Å². The van der Waals surface area contributed by atoms with Crippen LogP contribution < -0.4 is 0 Å². The summed E-state index contributed by atoms with van der Waals surface area (Å²) in [6.07, 6.45) is 8.10. The van der Waals surface area contributed by atoms with Gasteiger partial charge in [-0.05, 0) is 26.7 Å². The maximum Gasteiger partial charge on any atom is 0.309 e. The zero-order chi connectivity index (χ0) is 10.3. The van der Waals surface area contributed by atoms with Gasteiger partial charge in [0.1, 0.15) is 0 Å². The molecule has 0 saturated carbocycles. The molecule has 0 aliphatic heterocycles. The third-order valence-electron chi connectivity index (χ3n) is 2.10. The number of hydrogen-bond acceptors (Lipinski definition) is 1. The summed E-state index contributed by atoms with van der Waals surface area (Å²) in [5.41, 5.74) is -0.622. The molecular weight excluding hydrogens is 164 g/mol. The van der Waals surface area contributed by atoms with E-state index in [0.29, 0.717) is 6.42 Å². The first-order chi connectivity index (χ1) is 6.00. The lowest BCUT2D eigenvalue weighted by Crippen LogP contribution is -2.22. The molecule has 0 aromatic heterocycles. The lowest BCUT2D eigenvalue weighted by molar-refractivity contribution is -0.146. The van der Waals surface area contributed by atoms with E-state index >= 15 is 0 Å². The Hall–Kier alpha value is -0.790. The SMILES string of the molecule is CCCC/C=C\CC(C)(C)C(=O)O. The molecule has 76 valence electrons. The molecule has 0 saturated heterocycles. The van der Waals surface area contributed by atoms with Crippen LogP contribution in [0.5, 0.6) is 0 Å². The van der Waals surface area contributed by atoms with E-state index in [9.17, 15) is 4.79 Å². The monoisotopic (exact) mass is 184 g/mol. The number of unbranched alkanes of at least 4 members (excludes halogenated alkanes) is 2. The van der Waals surface area contributed by atoms with Crippen molar-refractivity contribution in [1.29, 1.82) is 0 Å². The van der Waals surface area contributed by atoms with Crippen LogP contribution in [0, 0.1) is 5.41 Å². The van der Waals surface area contributed by atoms with E-state index < -0.39 is 11.4 Å². The second-order valence-electron chi connectivity index (χ2n) is 4.01. The molecule has 0 unspecified atom stereocenters. The Labute approximate surface area is 80.7 Å². The van der Waals surface area contributed by atoms with Gasteiger partial charge in [-0.25, -0.2) is 0 Å². The van der Waals surface area contributed by atoms with E-state index in [0.717, 1.165) is 6.42 Å². The molecule has 0 aromatic carbocycles. The summed E-state index contributed by atoms with van der Waals surface area (Å²) in [6.45, 7) is 5.65. The second-order valence-corrected chi connectivity index (χ2v) is 4.01. The van der Waals surface area contributed by atoms with Gasteiger partial charge in [-0.3, -0.25) is 4.79 Å². The van der Waals surface area contributed by atoms with Gasteiger partial charge in [-0.1, -0.05) is 31.9 Å². The van der Waals surface area contributed by atoms with E-state index in [4.69, 9.17) is 5.11 Å². The molecule has 0 atom stereocenters. The molecule has 0 spiro atoms. The molecule has 0 heterocycles. The number of hydrogen-bond donors (Lipinski definition) is 1. The first-order valence-electron chi connectivity index (χ1n) is 4.89. The van der Waals surface area contributed by atoms with Crippen molar-refractivity contribution in [1.82, 2.24) is 0 Å². The van der Waals surface area contributed by atoms with Crippen molar-refractivity contribution in [3.8, 4) is 0 Å². The van der Waals surface area contributed by atoms with Crippen LogP contribution in [0.3, 0.4) is 0 Å². The predicted octanol–water partition coefficient (Wildman–Crippen LogP) is 3.23. The van der Waals surface area contributed by atoms with E-state index in [1.165, 1.54) is 12.8 Å². The molecular formula is C11H20O2. The highest BCUT2D eigenvalue weighted by Gasteiger charge is 2.24. The Balaban J connectivity index is 3.74. The molecule has 0 aliphatic carbocycles. The van der Waals surface area contributed by atoms with Crippen LogP contribution in [-0.2, 0) is 4.79 Å². The van der Waals surface area contributed by atoms with E-state index in [-0.39, 0.29) is 0 Å². The molecule has 2 heteroatoms. The van der Waals surface area contributed by atoms with Crippen LogP contribution >= 0.6 is 0 Å². The zero-order valence-electron chi connectivity index (χ0n) is 8.84. The molecule has 0 fully saturated rings. The Morgan fingerprint density at radius 1 is 1.38 bits per heavy atom. The van der Waals surface area contributed by atoms with E-state index in [2.05, 4.69) is 13.0 Å². The van der Waals surface area contributed by atoms with Gasteiger partial charge in [0.15, 0.2) is 0 Å². The van der Waals surface area contributed by atoms with Crippen molar-refractivity contribution >= 4 is 5.97 Å². The Kier molecular flexibility index (Phi) is 5.44. The average molecular weight is 184 g/mol. The average Bonchev–Trinajstić information content (AvgIpc) is 2.03. The van der Waals surface area contributed by atoms with Crippen LogP contribution in [0.15, 0.2) is 12.2 Å². The fourth-order valence-electron chi connectivity index (χ4n) is 0.905. The van der Waals surface area contributed by atoms with Crippen molar-refractivity contribution in [3.05, 3.63) is 12.2 Å². The van der Waals surface area contributed by atoms with Crippen LogP contribution in [0.4, 0.5) is 0 Å². The zero-order valence-corrected chi connectivity index (χ0v) is 8.84. The van der Waals surface area contributed by atoms with Crippen molar-refractivity contribution in [2.45, 2.75) is 46.5 Å². The fraction of sp³-hybridized carbons (Fsp3) is 0.727. The topological polar surface area (TPSA) is 37.3 Å². The summed E-state index contributed by atoms with van der Waals surface area (Å²) in [7, 11) is 0. The Morgan fingerprint density at radius 3 is 2.46 bits per heavy atom. The van der Waals surface area contributed by atoms with Crippen molar-refractivity contribution in [2.75, 3.05) is 0 Å². The van der Waals surface area contributed by atoms with Crippen LogP contribution in [0.25, 0.3) is 0 Å². The summed E-state index contributed by atoms with van der Waals surface area (Å²) in [4.78, 5) is 10.7. The molecule has 1 N–H and O–H groups in total. The van der Waals surface area contributed by atoms with Gasteiger partial charge in [0, 0.05) is 0 Å². The highest BCUT2D eigenvalue weighted by atomic mass is 16.4. The lowest BCUT2D eigenvalue weighted by Gasteiger charge is -2.15. The number of rotatable bonds is 6. The van der Waals surface area contributed by atoms with Gasteiger partial charge in [0.05, 0.1) is 5.41 Å². The van der Waals surface area contributed by atoms with Gasteiger partial charge < -0.3 is 5.11 Å². The third kappa shape index (κ3) is 5.45. The highest BCUT2D eigenvalue weighted by Crippen LogP contribution is 2.20. The molecule has 13 heavy (non-hydrogen) atoms. The lowest BCUT2D eigenvalue weighted by atomic mass is 9.89. The number of aliphatic carboxylic acids is 1. The minimum atomic E-state index is -0.729. The van der Waals surface area contributed by atoms with Gasteiger partial charge in [0.25, 0.3) is 0 Å². The molecule has 0 bridgehead atoms. The van der Waals surface area contributed by atoms with Crippen LogP contribution in [-0.4, -0.2) is 11.1 Å². The minimum Gasteiger partial charge on any atom is -0.481 e. The van der Waals surface area contributed by atoms with Gasteiger partial charge in [-0.15, -0.1) is 0 Å². The Bertz CT molecular complexity index is 181. The fourth-order valence-corrected chi connectivity index (χ4v) is 0.905. The maximum absolute atomic E-state index is 10.7. The van der Waals surface area contributed by atoms with Crippen LogP contribution in [0.1, 0.15) is 46.5 Å². The summed E-state index contributed by atoms with van der Waals surface area (Å²) in [5, 5.41) is 8.81. The molecule has 0 aromatic rings. The number of allylic oxidation sites excluding steroid dienone is 2. The summed E-state index contributed by atoms with van der Waals surface area (Å²) >= 11 is 0. The second kappa shape index (κ2) is 5.79. The van der Waals surface area contributed by atoms with Crippen molar-refractivity contribution in [3.63, 3.8) is 0 Å².